The van der Waals surface area contributed by atoms with Gasteiger partial charge in [0, 0.05) is 13.1 Å². The summed E-state index contributed by atoms with van der Waals surface area (Å²) in [5, 5.41) is 10.1. The maximum absolute atomic E-state index is 13.4. The van der Waals surface area contributed by atoms with E-state index in [2.05, 4.69) is 27.0 Å². The minimum Gasteiger partial charge on any atom is -0.496 e. The maximum Gasteiger partial charge on any atom is 0.254 e. The van der Waals surface area contributed by atoms with Crippen molar-refractivity contribution < 1.29 is 9.53 Å². The van der Waals surface area contributed by atoms with Crippen LogP contribution in [0, 0.1) is 11.3 Å². The number of methoxy groups -OCH3 is 1. The fourth-order valence-corrected chi connectivity index (χ4v) is 4.94. The van der Waals surface area contributed by atoms with Crippen LogP contribution in [0.1, 0.15) is 32.4 Å². The van der Waals surface area contributed by atoms with Crippen LogP contribution in [0.2, 0.25) is 0 Å². The van der Waals surface area contributed by atoms with E-state index >= 15 is 0 Å². The molecule has 1 aromatic rings. The van der Waals surface area contributed by atoms with Crippen molar-refractivity contribution in [2.24, 2.45) is 10.7 Å². The number of allylic oxidation sites excluding steroid dienone is 2. The number of amidine groups is 1. The number of carbonyl (C=O) groups excluding carboxylic acids is 1. The monoisotopic (exact) mass is 475 g/mol. The zero-order chi connectivity index (χ0) is 21.3. The minimum absolute atomic E-state index is 0.0875. The number of hydrogen-bond acceptors (Lipinski definition) is 7. The lowest BCUT2D eigenvalue weighted by Crippen LogP contribution is -2.42. The molecule has 0 saturated heterocycles. The number of aliphatic imine (C=N–C) groups is 1. The van der Waals surface area contributed by atoms with Crippen LogP contribution in [0.15, 0.2) is 49.7 Å². The highest BCUT2D eigenvalue weighted by Gasteiger charge is 2.43. The zero-order valence-corrected chi connectivity index (χ0v) is 19.1. The molecule has 2 N–H and O–H groups in total. The fraction of sp³-hybridized carbons (Fsp3) is 0.350. The molecule has 1 atom stereocenters. The van der Waals surface area contributed by atoms with Crippen molar-refractivity contribution in [2.75, 3.05) is 20.2 Å². The number of likely N-dealkylation sites (N-methyl/N-ethyl adjacent to an activating group) is 1. The molecule has 0 bridgehead atoms. The third-order valence-corrected chi connectivity index (χ3v) is 6.55. The van der Waals surface area contributed by atoms with E-state index in [1.54, 1.807) is 16.9 Å². The van der Waals surface area contributed by atoms with Gasteiger partial charge in [-0.3, -0.25) is 9.69 Å². The Balaban J connectivity index is 2.21. The summed E-state index contributed by atoms with van der Waals surface area (Å²) in [5.74, 6) is 0.911. The van der Waals surface area contributed by atoms with E-state index in [0.29, 0.717) is 46.0 Å². The summed E-state index contributed by atoms with van der Waals surface area (Å²) in [6.45, 7) is 6.90. The number of carbonyl (C=O) groups is 1. The molecule has 0 aromatic heterocycles. The van der Waals surface area contributed by atoms with Gasteiger partial charge in [-0.2, -0.15) is 5.26 Å². The Morgan fingerprint density at radius 3 is 2.69 bits per heavy atom. The molecule has 1 amide bonds. The summed E-state index contributed by atoms with van der Waals surface area (Å²) in [7, 11) is 1.60. The van der Waals surface area contributed by atoms with Gasteiger partial charge in [0.25, 0.3) is 5.91 Å². The molecule has 152 valence electrons. The molecule has 2 aliphatic rings. The van der Waals surface area contributed by atoms with E-state index in [9.17, 15) is 10.1 Å². The molecule has 2 heterocycles. The van der Waals surface area contributed by atoms with Gasteiger partial charge in [-0.25, -0.2) is 4.99 Å². The molecular weight excluding hydrogens is 454 g/mol. The summed E-state index contributed by atoms with van der Waals surface area (Å²) in [4.78, 5) is 21.9. The average Bonchev–Trinajstić information content (AvgIpc) is 3.02. The highest BCUT2D eigenvalue weighted by molar-refractivity contribution is 9.10. The van der Waals surface area contributed by atoms with Crippen molar-refractivity contribution in [3.05, 3.63) is 50.2 Å². The summed E-state index contributed by atoms with van der Waals surface area (Å²) >= 11 is 4.75. The lowest BCUT2D eigenvalue weighted by molar-refractivity contribution is -0.127. The standard InChI is InChI=1S/C20H22BrN5O2S/c1-5-25(6-2)19(27)16-11(3)24-20-26(18(23)15(10-22)29-20)17(16)12-7-8-14(28-4)13(21)9-12/h7-9,17H,5-6,23H2,1-4H3/t17-/m1/s1. The van der Waals surface area contributed by atoms with Crippen LogP contribution in [0.3, 0.4) is 0 Å². The van der Waals surface area contributed by atoms with E-state index in [4.69, 9.17) is 10.5 Å². The molecule has 0 fully saturated rings. The number of hydrogen-bond donors (Lipinski definition) is 1. The number of fused-ring (bicyclic) bond motifs is 1. The van der Waals surface area contributed by atoms with Gasteiger partial charge < -0.3 is 15.4 Å². The second-order valence-electron chi connectivity index (χ2n) is 6.47. The third-order valence-electron chi connectivity index (χ3n) is 4.95. The molecular formula is C20H22BrN5O2S. The highest BCUT2D eigenvalue weighted by atomic mass is 79.9. The topological polar surface area (TPSA) is 95.0 Å². The molecule has 0 unspecified atom stereocenters. The van der Waals surface area contributed by atoms with Crippen LogP contribution < -0.4 is 10.5 Å². The molecule has 7 nitrogen and oxygen atoms in total. The number of amides is 1. The first-order valence-electron chi connectivity index (χ1n) is 9.16. The van der Waals surface area contributed by atoms with Crippen LogP contribution in [0.25, 0.3) is 0 Å². The number of nitrogens with zero attached hydrogens (tertiary/aromatic N) is 4. The van der Waals surface area contributed by atoms with Crippen molar-refractivity contribution >= 4 is 38.8 Å². The van der Waals surface area contributed by atoms with Crippen LogP contribution >= 0.6 is 27.7 Å². The maximum atomic E-state index is 13.4. The Morgan fingerprint density at radius 2 is 2.14 bits per heavy atom. The summed E-state index contributed by atoms with van der Waals surface area (Å²) in [6, 6.07) is 7.30. The Labute approximate surface area is 183 Å². The summed E-state index contributed by atoms with van der Waals surface area (Å²) < 4.78 is 6.11. The molecule has 9 heteroatoms. The SMILES string of the molecule is CCN(CC)C(=O)C1=C(C)N=C2SC(C#N)=C(N)N2[C@@H]1c1ccc(OC)c(Br)c1. The van der Waals surface area contributed by atoms with Crippen LogP contribution in [0.4, 0.5) is 0 Å². The largest absolute Gasteiger partial charge is 0.496 e. The van der Waals surface area contributed by atoms with Crippen LogP contribution in [-0.4, -0.2) is 41.1 Å². The molecule has 0 spiro atoms. The van der Waals surface area contributed by atoms with Crippen molar-refractivity contribution in [1.82, 2.24) is 9.80 Å². The number of ether oxygens (including phenoxy) is 1. The Hall–Kier alpha value is -2.44. The fourth-order valence-electron chi connectivity index (χ4n) is 3.46. The molecule has 0 saturated carbocycles. The van der Waals surface area contributed by atoms with Crippen molar-refractivity contribution in [3.63, 3.8) is 0 Å². The quantitative estimate of drug-likeness (QED) is 0.696. The number of halogens is 1. The van der Waals surface area contributed by atoms with Crippen molar-refractivity contribution in [3.8, 4) is 11.8 Å². The number of nitriles is 1. The molecule has 0 aliphatic carbocycles. The molecule has 29 heavy (non-hydrogen) atoms. The van der Waals surface area contributed by atoms with E-state index < -0.39 is 6.04 Å². The first kappa shape index (κ1) is 21.3. The first-order valence-corrected chi connectivity index (χ1v) is 10.8. The van der Waals surface area contributed by atoms with Crippen LogP contribution in [0.5, 0.6) is 5.75 Å². The van der Waals surface area contributed by atoms with E-state index in [0.717, 1.165) is 10.0 Å². The van der Waals surface area contributed by atoms with Crippen molar-refractivity contribution in [2.45, 2.75) is 26.8 Å². The lowest BCUT2D eigenvalue weighted by atomic mass is 9.93. The Kier molecular flexibility index (Phi) is 6.24. The van der Waals surface area contributed by atoms with Crippen LogP contribution in [-0.2, 0) is 4.79 Å². The van der Waals surface area contributed by atoms with E-state index in [1.165, 1.54) is 11.8 Å². The summed E-state index contributed by atoms with van der Waals surface area (Å²) in [5.41, 5.74) is 8.34. The Morgan fingerprint density at radius 1 is 1.45 bits per heavy atom. The molecule has 1 aromatic carbocycles. The second-order valence-corrected chi connectivity index (χ2v) is 8.30. The summed E-state index contributed by atoms with van der Waals surface area (Å²) in [6.07, 6.45) is 0. The molecule has 0 radical (unpaired) electrons. The average molecular weight is 476 g/mol. The van der Waals surface area contributed by atoms with Gasteiger partial charge in [0.2, 0.25) is 0 Å². The lowest BCUT2D eigenvalue weighted by Gasteiger charge is -2.37. The third kappa shape index (κ3) is 3.63. The van der Waals surface area contributed by atoms with Gasteiger partial charge in [0.15, 0.2) is 5.17 Å². The van der Waals surface area contributed by atoms with Gasteiger partial charge >= 0.3 is 0 Å². The number of rotatable bonds is 5. The smallest absolute Gasteiger partial charge is 0.254 e. The normalized spacial score (nSPS) is 18.4. The number of benzene rings is 1. The van der Waals surface area contributed by atoms with Gasteiger partial charge in [0.1, 0.15) is 22.5 Å². The molecule has 3 rings (SSSR count). The van der Waals surface area contributed by atoms with Crippen molar-refractivity contribution in [1.29, 1.82) is 5.26 Å². The number of thioether (sulfide) groups is 1. The Bertz CT molecular complexity index is 991. The first-order chi connectivity index (χ1) is 13.9. The molecule has 2 aliphatic heterocycles. The highest BCUT2D eigenvalue weighted by Crippen LogP contribution is 2.46. The zero-order valence-electron chi connectivity index (χ0n) is 16.7. The minimum atomic E-state index is -0.490. The van der Waals surface area contributed by atoms with Gasteiger partial charge in [-0.1, -0.05) is 6.07 Å². The predicted molar refractivity (Wildman–Crippen MR) is 118 cm³/mol. The number of nitrogens with two attached hydrogens (primary N) is 1. The van der Waals surface area contributed by atoms with Gasteiger partial charge in [0.05, 0.1) is 28.9 Å². The van der Waals surface area contributed by atoms with Gasteiger partial charge in [-0.05, 0) is 66.2 Å². The van der Waals surface area contributed by atoms with Gasteiger partial charge in [-0.15, -0.1) is 0 Å². The van der Waals surface area contributed by atoms with E-state index in [1.807, 2.05) is 39.0 Å². The predicted octanol–water partition coefficient (Wildman–Crippen LogP) is 3.71. The second kappa shape index (κ2) is 8.51. The van der Waals surface area contributed by atoms with E-state index in [-0.39, 0.29) is 5.91 Å².